The summed E-state index contributed by atoms with van der Waals surface area (Å²) in [5.41, 5.74) is 2.88. The van der Waals surface area contributed by atoms with Gasteiger partial charge in [0.2, 0.25) is 11.8 Å². The van der Waals surface area contributed by atoms with Gasteiger partial charge in [-0.1, -0.05) is 6.07 Å². The van der Waals surface area contributed by atoms with Crippen molar-refractivity contribution in [1.82, 2.24) is 16.0 Å². The van der Waals surface area contributed by atoms with Gasteiger partial charge in [0.05, 0.1) is 6.42 Å². The Morgan fingerprint density at radius 3 is 2.85 bits per heavy atom. The quantitative estimate of drug-likeness (QED) is 0.633. The predicted molar refractivity (Wildman–Crippen MR) is 70.9 cm³/mol. The highest BCUT2D eigenvalue weighted by Gasteiger charge is 2.31. The lowest BCUT2D eigenvalue weighted by atomic mass is 9.98. The summed E-state index contributed by atoms with van der Waals surface area (Å²) in [6.07, 6.45) is 0.901. The van der Waals surface area contributed by atoms with Gasteiger partial charge in [-0.05, 0) is 36.2 Å². The molecule has 1 atom stereocenters. The molecule has 2 aliphatic heterocycles. The van der Waals surface area contributed by atoms with E-state index in [0.29, 0.717) is 5.56 Å². The normalized spacial score (nSPS) is 21.3. The van der Waals surface area contributed by atoms with Gasteiger partial charge in [0.1, 0.15) is 6.04 Å². The number of rotatable bonds is 2. The second kappa shape index (κ2) is 5.05. The highest BCUT2D eigenvalue weighted by molar-refractivity contribution is 6.08. The molecule has 104 valence electrons. The Bertz CT molecular complexity index is 597. The number of carbonyl (C=O) groups excluding carboxylic acids is 3. The van der Waals surface area contributed by atoms with Crippen LogP contribution >= 0.6 is 0 Å². The monoisotopic (exact) mass is 273 g/mol. The molecule has 3 rings (SSSR count). The van der Waals surface area contributed by atoms with Gasteiger partial charge in [-0.15, -0.1) is 0 Å². The molecule has 0 aromatic heterocycles. The van der Waals surface area contributed by atoms with Crippen molar-refractivity contribution in [3.8, 4) is 0 Å². The van der Waals surface area contributed by atoms with E-state index in [2.05, 4.69) is 16.0 Å². The average molecular weight is 273 g/mol. The molecule has 1 saturated heterocycles. The molecule has 0 aliphatic carbocycles. The van der Waals surface area contributed by atoms with Crippen molar-refractivity contribution in [3.05, 3.63) is 34.9 Å². The smallest absolute Gasteiger partial charge is 0.251 e. The fourth-order valence-corrected chi connectivity index (χ4v) is 2.53. The van der Waals surface area contributed by atoms with Gasteiger partial charge in [-0.2, -0.15) is 0 Å². The first-order valence-corrected chi connectivity index (χ1v) is 6.60. The van der Waals surface area contributed by atoms with Crippen LogP contribution in [0, 0.1) is 0 Å². The fraction of sp³-hybridized carbons (Fsp3) is 0.357. The predicted octanol–water partition coefficient (Wildman–Crippen LogP) is -0.523. The number of hydrogen-bond acceptors (Lipinski definition) is 4. The molecule has 20 heavy (non-hydrogen) atoms. The SMILES string of the molecule is O=C1CC(NC(=O)c2ccc3c(c2)CCNC3)C(=O)N1. The number of hydrogen-bond donors (Lipinski definition) is 3. The van der Waals surface area contributed by atoms with E-state index in [1.165, 1.54) is 5.56 Å². The van der Waals surface area contributed by atoms with E-state index < -0.39 is 11.9 Å². The second-order valence-corrected chi connectivity index (χ2v) is 5.05. The van der Waals surface area contributed by atoms with Crippen LogP contribution in [0.5, 0.6) is 0 Å². The highest BCUT2D eigenvalue weighted by Crippen LogP contribution is 2.16. The number of fused-ring (bicyclic) bond motifs is 1. The van der Waals surface area contributed by atoms with Gasteiger partial charge in [0.15, 0.2) is 0 Å². The van der Waals surface area contributed by atoms with Crippen molar-refractivity contribution < 1.29 is 14.4 Å². The van der Waals surface area contributed by atoms with E-state index in [4.69, 9.17) is 0 Å². The lowest BCUT2D eigenvalue weighted by Gasteiger charge is -2.18. The maximum atomic E-state index is 12.1. The minimum Gasteiger partial charge on any atom is -0.340 e. The van der Waals surface area contributed by atoms with Gasteiger partial charge in [-0.25, -0.2) is 0 Å². The van der Waals surface area contributed by atoms with E-state index in [0.717, 1.165) is 25.1 Å². The summed E-state index contributed by atoms with van der Waals surface area (Å²) in [6, 6.07) is 4.78. The first-order valence-electron chi connectivity index (χ1n) is 6.60. The van der Waals surface area contributed by atoms with Crippen LogP contribution in [0.3, 0.4) is 0 Å². The summed E-state index contributed by atoms with van der Waals surface area (Å²) < 4.78 is 0. The standard InChI is InChI=1S/C14H15N3O3/c18-12-6-11(14(20)17-12)16-13(19)9-1-2-10-7-15-4-3-8(10)5-9/h1-2,5,11,15H,3-4,6-7H2,(H,16,19)(H,17,18,20). The Balaban J connectivity index is 1.74. The Kier molecular flexibility index (Phi) is 3.23. The third-order valence-electron chi connectivity index (χ3n) is 3.63. The summed E-state index contributed by atoms with van der Waals surface area (Å²) in [7, 11) is 0. The first-order chi connectivity index (χ1) is 9.63. The van der Waals surface area contributed by atoms with Crippen LogP contribution in [0.15, 0.2) is 18.2 Å². The number of carbonyl (C=O) groups is 3. The van der Waals surface area contributed by atoms with Crippen LogP contribution in [0.1, 0.15) is 27.9 Å². The number of imide groups is 1. The summed E-state index contributed by atoms with van der Waals surface area (Å²) in [5, 5.41) is 8.04. The van der Waals surface area contributed by atoms with E-state index in [-0.39, 0.29) is 18.2 Å². The van der Waals surface area contributed by atoms with Gasteiger partial charge in [0, 0.05) is 12.1 Å². The van der Waals surface area contributed by atoms with Crippen LogP contribution in [0.2, 0.25) is 0 Å². The van der Waals surface area contributed by atoms with Crippen LogP contribution in [-0.2, 0) is 22.6 Å². The molecule has 3 amide bonds. The van der Waals surface area contributed by atoms with Crippen molar-refractivity contribution in [3.63, 3.8) is 0 Å². The van der Waals surface area contributed by atoms with Gasteiger partial charge in [0.25, 0.3) is 5.91 Å². The zero-order chi connectivity index (χ0) is 14.1. The molecular formula is C14H15N3O3. The summed E-state index contributed by atoms with van der Waals surface area (Å²) in [4.78, 5) is 34.6. The van der Waals surface area contributed by atoms with Crippen LogP contribution < -0.4 is 16.0 Å². The van der Waals surface area contributed by atoms with Crippen molar-refractivity contribution in [1.29, 1.82) is 0 Å². The van der Waals surface area contributed by atoms with Crippen molar-refractivity contribution in [2.75, 3.05) is 6.54 Å². The van der Waals surface area contributed by atoms with Gasteiger partial charge >= 0.3 is 0 Å². The van der Waals surface area contributed by atoms with Crippen LogP contribution in [0.25, 0.3) is 0 Å². The molecule has 1 unspecified atom stereocenters. The van der Waals surface area contributed by atoms with Gasteiger partial charge < -0.3 is 10.6 Å². The Morgan fingerprint density at radius 1 is 1.25 bits per heavy atom. The lowest BCUT2D eigenvalue weighted by molar-refractivity contribution is -0.125. The zero-order valence-corrected chi connectivity index (χ0v) is 10.9. The zero-order valence-electron chi connectivity index (χ0n) is 10.9. The fourth-order valence-electron chi connectivity index (χ4n) is 2.53. The minimum atomic E-state index is -0.757. The molecule has 0 saturated carbocycles. The Morgan fingerprint density at radius 2 is 2.10 bits per heavy atom. The summed E-state index contributed by atoms with van der Waals surface area (Å²) in [6.45, 7) is 1.72. The van der Waals surface area contributed by atoms with Crippen molar-refractivity contribution in [2.24, 2.45) is 0 Å². The largest absolute Gasteiger partial charge is 0.340 e. The Labute approximate surface area is 115 Å². The topological polar surface area (TPSA) is 87.3 Å². The number of amides is 3. The minimum absolute atomic E-state index is 0.0133. The highest BCUT2D eigenvalue weighted by atomic mass is 16.2. The molecule has 6 nitrogen and oxygen atoms in total. The molecule has 2 heterocycles. The van der Waals surface area contributed by atoms with Crippen LogP contribution in [-0.4, -0.2) is 30.3 Å². The maximum absolute atomic E-state index is 12.1. The van der Waals surface area contributed by atoms with Gasteiger partial charge in [-0.3, -0.25) is 19.7 Å². The van der Waals surface area contributed by atoms with Crippen molar-refractivity contribution in [2.45, 2.75) is 25.4 Å². The number of nitrogens with one attached hydrogen (secondary N) is 3. The molecule has 1 aromatic rings. The molecule has 0 radical (unpaired) electrons. The molecule has 0 bridgehead atoms. The molecular weight excluding hydrogens is 258 g/mol. The molecule has 3 N–H and O–H groups in total. The molecule has 1 aromatic carbocycles. The van der Waals surface area contributed by atoms with E-state index in [1.807, 2.05) is 12.1 Å². The maximum Gasteiger partial charge on any atom is 0.251 e. The van der Waals surface area contributed by atoms with Crippen LogP contribution in [0.4, 0.5) is 0 Å². The molecule has 1 fully saturated rings. The summed E-state index contributed by atoms with van der Waals surface area (Å²) >= 11 is 0. The lowest BCUT2D eigenvalue weighted by Crippen LogP contribution is -2.40. The average Bonchev–Trinajstić information content (AvgIpc) is 2.76. The summed E-state index contributed by atoms with van der Waals surface area (Å²) in [5.74, 6) is -1.11. The number of benzene rings is 1. The molecule has 2 aliphatic rings. The molecule has 6 heteroatoms. The molecule has 0 spiro atoms. The van der Waals surface area contributed by atoms with E-state index in [1.54, 1.807) is 6.07 Å². The first kappa shape index (κ1) is 12.8. The van der Waals surface area contributed by atoms with E-state index in [9.17, 15) is 14.4 Å². The van der Waals surface area contributed by atoms with Crippen molar-refractivity contribution >= 4 is 17.7 Å². The van der Waals surface area contributed by atoms with E-state index >= 15 is 0 Å². The second-order valence-electron chi connectivity index (χ2n) is 5.05. The third-order valence-corrected chi connectivity index (χ3v) is 3.63. The third kappa shape index (κ3) is 2.42. The Hall–Kier alpha value is -2.21.